The van der Waals surface area contributed by atoms with E-state index in [2.05, 4.69) is 15.1 Å². The van der Waals surface area contributed by atoms with Crippen LogP contribution in [0, 0.1) is 17.6 Å². The Labute approximate surface area is 376 Å². The lowest BCUT2D eigenvalue weighted by atomic mass is 9.93. The van der Waals surface area contributed by atoms with Gasteiger partial charge >= 0.3 is 0 Å². The number of nitrogens with zero attached hydrogens (tertiary/aromatic N) is 6. The second kappa shape index (κ2) is 19.3. The minimum Gasteiger partial charge on any atom is -0.474 e. The minimum absolute atomic E-state index is 0.0447. The molecule has 8 rings (SSSR count). The molecule has 1 saturated carbocycles. The number of amides is 1. The number of carbonyl (C=O) groups is 2. The van der Waals surface area contributed by atoms with Crippen molar-refractivity contribution in [3.05, 3.63) is 95.9 Å². The number of halogens is 2. The Morgan fingerprint density at radius 1 is 0.846 bits per heavy atom. The summed E-state index contributed by atoms with van der Waals surface area (Å²) in [4.78, 5) is 37.2. The quantitative estimate of drug-likeness (QED) is 0.169. The van der Waals surface area contributed by atoms with Crippen molar-refractivity contribution >= 4 is 52.4 Å². The number of nitrogens with two attached hydrogens (primary N) is 2. The average molecular weight is 957 g/mol. The van der Waals surface area contributed by atoms with Crippen LogP contribution >= 0.6 is 0 Å². The number of sulfone groups is 2. The Hall–Kier alpha value is -5.26. The lowest BCUT2D eigenvalue weighted by Crippen LogP contribution is -2.46. The number of sulfonamides is 1. The fourth-order valence-electron chi connectivity index (χ4n) is 8.59. The molecule has 1 amide bonds. The van der Waals surface area contributed by atoms with Crippen molar-refractivity contribution in [3.8, 4) is 11.6 Å². The molecule has 17 nitrogen and oxygen atoms in total. The Morgan fingerprint density at radius 3 is 2.17 bits per heavy atom. The zero-order chi connectivity index (χ0) is 46.8. The van der Waals surface area contributed by atoms with Crippen molar-refractivity contribution in [3.63, 3.8) is 0 Å². The van der Waals surface area contributed by atoms with Gasteiger partial charge in [-0.1, -0.05) is 12.1 Å². The zero-order valence-electron chi connectivity index (χ0n) is 35.7. The van der Waals surface area contributed by atoms with Gasteiger partial charge in [-0.2, -0.15) is 5.10 Å². The van der Waals surface area contributed by atoms with Crippen molar-refractivity contribution in [2.24, 2.45) is 16.8 Å². The van der Waals surface area contributed by atoms with E-state index >= 15 is 0 Å². The van der Waals surface area contributed by atoms with E-state index in [1.807, 2.05) is 4.90 Å². The summed E-state index contributed by atoms with van der Waals surface area (Å²) >= 11 is 0. The fraction of sp³-hybridized carbons (Fsp3) is 0.419. The fourth-order valence-corrected chi connectivity index (χ4v) is 10.7. The van der Waals surface area contributed by atoms with E-state index in [4.69, 9.17) is 15.6 Å². The maximum Gasteiger partial charge on any atom is 0.239 e. The number of hydrogen-bond donors (Lipinski definition) is 2. The number of rotatable bonds is 12. The number of benzene rings is 3. The Bertz CT molecular complexity index is 2940. The van der Waals surface area contributed by atoms with Crippen molar-refractivity contribution < 1.29 is 48.4 Å². The Kier molecular flexibility index (Phi) is 14.2. The topological polar surface area (TPSA) is 248 Å². The van der Waals surface area contributed by atoms with E-state index in [1.54, 1.807) is 11.0 Å². The van der Waals surface area contributed by atoms with Gasteiger partial charge in [0.15, 0.2) is 31.1 Å². The van der Waals surface area contributed by atoms with Gasteiger partial charge in [-0.05, 0) is 111 Å². The van der Waals surface area contributed by atoms with Crippen LogP contribution in [0.15, 0.2) is 87.9 Å². The molecule has 3 atom stereocenters. The summed E-state index contributed by atoms with van der Waals surface area (Å²) in [5.41, 5.74) is 7.34. The molecule has 22 heteroatoms. The van der Waals surface area contributed by atoms with E-state index in [0.29, 0.717) is 73.2 Å². The average Bonchev–Trinajstić information content (AvgIpc) is 4.06. The lowest BCUT2D eigenvalue weighted by molar-refractivity contribution is -0.132. The SMILES string of the molecule is CS(=O)(=O)c1ccc(-n2ncc3c(OC4CCN(CC(=O)c5cccc(F)c5)CC4)ncnc32)c(F)c1.CS(=O)(=O)c1ccc(S(N)(=O)=O)c([C@@H]2CC[C@@H]([C@H](N)C(=O)N3CCCC3)C2)c1. The molecule has 2 aromatic heterocycles. The third-order valence-corrected chi connectivity index (χ3v) is 15.3. The summed E-state index contributed by atoms with van der Waals surface area (Å²) in [6, 6.07) is 12.5. The monoisotopic (exact) mass is 956 g/mol. The largest absolute Gasteiger partial charge is 0.474 e. The number of aromatic nitrogens is 4. The van der Waals surface area contributed by atoms with Gasteiger partial charge in [0.1, 0.15) is 35.1 Å². The van der Waals surface area contributed by atoms with Crippen LogP contribution in [0.4, 0.5) is 8.78 Å². The summed E-state index contributed by atoms with van der Waals surface area (Å²) in [7, 11) is -11.0. The van der Waals surface area contributed by atoms with E-state index < -0.39 is 47.4 Å². The number of primary sulfonamides is 1. The third-order valence-electron chi connectivity index (χ3n) is 12.1. The van der Waals surface area contributed by atoms with Gasteiger partial charge < -0.3 is 15.4 Å². The second-order valence-corrected chi connectivity index (χ2v) is 22.3. The number of carbonyl (C=O) groups excluding carboxylic acids is 2. The van der Waals surface area contributed by atoms with Gasteiger partial charge in [0, 0.05) is 44.3 Å². The summed E-state index contributed by atoms with van der Waals surface area (Å²) in [6.45, 7) is 2.90. The number of piperidine rings is 1. The molecule has 3 fully saturated rings. The highest BCUT2D eigenvalue weighted by Crippen LogP contribution is 2.42. The molecule has 5 aromatic rings. The van der Waals surface area contributed by atoms with Gasteiger partial charge in [0.05, 0.1) is 33.5 Å². The van der Waals surface area contributed by atoms with Gasteiger partial charge in [0.2, 0.25) is 21.8 Å². The molecular weight excluding hydrogens is 907 g/mol. The molecule has 0 unspecified atom stereocenters. The van der Waals surface area contributed by atoms with Gasteiger partial charge in [-0.3, -0.25) is 14.5 Å². The van der Waals surface area contributed by atoms with Crippen molar-refractivity contribution in [2.75, 3.05) is 45.2 Å². The van der Waals surface area contributed by atoms with Crippen LogP contribution in [0.5, 0.6) is 5.88 Å². The molecule has 2 aliphatic heterocycles. The first-order valence-corrected chi connectivity index (χ1v) is 26.3. The van der Waals surface area contributed by atoms with Crippen LogP contribution in [0.3, 0.4) is 0 Å². The molecule has 2 saturated heterocycles. The minimum atomic E-state index is -4.00. The molecule has 0 radical (unpaired) electrons. The van der Waals surface area contributed by atoms with E-state index in [-0.39, 0.29) is 56.5 Å². The molecule has 4 heterocycles. The number of fused-ring (bicyclic) bond motifs is 1. The molecule has 4 N–H and O–H groups in total. The summed E-state index contributed by atoms with van der Waals surface area (Å²) in [5, 5.41) is 10.1. The number of likely N-dealkylation sites (tertiary alicyclic amines) is 2. The highest BCUT2D eigenvalue weighted by atomic mass is 32.2. The summed E-state index contributed by atoms with van der Waals surface area (Å²) in [6.07, 6.45) is 9.80. The van der Waals surface area contributed by atoms with Crippen LogP contribution in [0.2, 0.25) is 0 Å². The Morgan fingerprint density at radius 2 is 1.52 bits per heavy atom. The molecule has 65 heavy (non-hydrogen) atoms. The number of ketones is 1. The molecule has 0 bridgehead atoms. The Balaban J connectivity index is 0.000000202. The highest BCUT2D eigenvalue weighted by Gasteiger charge is 2.37. The lowest BCUT2D eigenvalue weighted by Gasteiger charge is -2.31. The molecule has 348 valence electrons. The van der Waals surface area contributed by atoms with E-state index in [0.717, 1.165) is 44.5 Å². The van der Waals surface area contributed by atoms with Gasteiger partial charge in [-0.25, -0.2) is 53.8 Å². The van der Waals surface area contributed by atoms with Crippen LogP contribution < -0.4 is 15.6 Å². The summed E-state index contributed by atoms with van der Waals surface area (Å²) in [5.74, 6) is -1.37. The van der Waals surface area contributed by atoms with Crippen LogP contribution in [0.25, 0.3) is 16.7 Å². The van der Waals surface area contributed by atoms with Gasteiger partial charge in [0.25, 0.3) is 0 Å². The van der Waals surface area contributed by atoms with Crippen molar-refractivity contribution in [1.29, 1.82) is 0 Å². The number of Topliss-reactive ketones (excluding diaryl/α,β-unsaturated/α-hetero) is 1. The van der Waals surface area contributed by atoms with Crippen LogP contribution in [-0.4, -0.2) is 124 Å². The van der Waals surface area contributed by atoms with E-state index in [9.17, 15) is 43.6 Å². The first kappa shape index (κ1) is 47.7. The first-order chi connectivity index (χ1) is 30.7. The molecule has 3 aliphatic rings. The third kappa shape index (κ3) is 11.2. The van der Waals surface area contributed by atoms with E-state index in [1.165, 1.54) is 65.7 Å². The molecule has 1 aliphatic carbocycles. The molecule has 0 spiro atoms. The molecule has 3 aromatic carbocycles. The first-order valence-electron chi connectivity index (χ1n) is 20.9. The number of hydrogen-bond acceptors (Lipinski definition) is 14. The second-order valence-electron chi connectivity index (χ2n) is 16.7. The maximum atomic E-state index is 14.8. The molecular formula is C43H50F2N8O9S3. The highest BCUT2D eigenvalue weighted by molar-refractivity contribution is 7.91. The van der Waals surface area contributed by atoms with Gasteiger partial charge in [-0.15, -0.1) is 0 Å². The zero-order valence-corrected chi connectivity index (χ0v) is 38.2. The predicted octanol–water partition coefficient (Wildman–Crippen LogP) is 3.79. The maximum absolute atomic E-state index is 14.8. The summed E-state index contributed by atoms with van der Waals surface area (Å²) < 4.78 is 107. The smallest absolute Gasteiger partial charge is 0.239 e. The predicted molar refractivity (Wildman–Crippen MR) is 235 cm³/mol. The normalized spacial score (nSPS) is 19.2. The standard InChI is InChI=1S/C25H23F2N5O4S.C18H27N3O5S2/c1-37(34,35)19-5-6-22(21(27)12-19)32-24-20(13-30-32)25(29-15-28-24)36-18-7-9-31(10-8-18)14-23(33)16-3-2-4-17(26)11-16;1-27(23,24)14-6-7-16(28(20,25)26)15(11-14)12-4-5-13(10-12)17(19)18(22)21-8-2-3-9-21/h2-6,11-13,15,18H,7-10,14H2,1H3;6-7,11-13,17H,2-5,8-10,19H2,1H3,(H2,20,25,26)/t;12-,13-,17+/m.1/s1. The van der Waals surface area contributed by atoms with Crippen molar-refractivity contribution in [2.45, 2.75) is 77.7 Å². The number of ether oxygens (including phenoxy) is 1. The van der Waals surface area contributed by atoms with Crippen molar-refractivity contribution in [1.82, 2.24) is 29.5 Å². The van der Waals surface area contributed by atoms with Crippen LogP contribution in [0.1, 0.15) is 66.8 Å². The van der Waals surface area contributed by atoms with Crippen LogP contribution in [-0.2, 0) is 34.5 Å².